The Morgan fingerprint density at radius 2 is 2.15 bits per heavy atom. The molecule has 20 heavy (non-hydrogen) atoms. The summed E-state index contributed by atoms with van der Waals surface area (Å²) in [7, 11) is 2.16. The summed E-state index contributed by atoms with van der Waals surface area (Å²) in [5.74, 6) is 2.25. The van der Waals surface area contributed by atoms with Crippen molar-refractivity contribution in [3.8, 4) is 0 Å². The lowest BCUT2D eigenvalue weighted by Crippen LogP contribution is -2.38. The first-order chi connectivity index (χ1) is 9.56. The number of hydrogen-bond acceptors (Lipinski definition) is 3. The predicted octanol–water partition coefficient (Wildman–Crippen LogP) is 2.59. The molecule has 2 rings (SSSR count). The van der Waals surface area contributed by atoms with Crippen molar-refractivity contribution >= 4 is 29.3 Å². The van der Waals surface area contributed by atoms with Gasteiger partial charge in [-0.05, 0) is 55.3 Å². The first kappa shape index (κ1) is 15.7. The highest BCUT2D eigenvalue weighted by Crippen LogP contribution is 2.35. The van der Waals surface area contributed by atoms with Gasteiger partial charge < -0.3 is 10.6 Å². The third-order valence-corrected chi connectivity index (χ3v) is 5.22. The molecule has 0 spiro atoms. The maximum atomic E-state index is 10.9. The summed E-state index contributed by atoms with van der Waals surface area (Å²) in [5.41, 5.74) is 6.57. The van der Waals surface area contributed by atoms with E-state index in [1.54, 1.807) is 11.8 Å². The van der Waals surface area contributed by atoms with Crippen LogP contribution in [-0.2, 0) is 4.79 Å². The molecule has 5 heteroatoms. The summed E-state index contributed by atoms with van der Waals surface area (Å²) in [6, 6.07) is 8.18. The number of nitrogens with zero attached hydrogens (tertiary/aromatic N) is 1. The minimum atomic E-state index is -0.234. The van der Waals surface area contributed by atoms with E-state index in [-0.39, 0.29) is 5.91 Å². The van der Waals surface area contributed by atoms with Gasteiger partial charge in [0, 0.05) is 11.6 Å². The number of likely N-dealkylation sites (tertiary alicyclic amines) is 1. The Morgan fingerprint density at radius 3 is 2.80 bits per heavy atom. The quantitative estimate of drug-likeness (QED) is 0.909. The van der Waals surface area contributed by atoms with Gasteiger partial charge in [0.2, 0.25) is 5.91 Å². The minimum Gasteiger partial charge on any atom is -0.369 e. The van der Waals surface area contributed by atoms with Crippen molar-refractivity contribution < 1.29 is 4.79 Å². The van der Waals surface area contributed by atoms with Gasteiger partial charge in [-0.1, -0.05) is 23.7 Å². The normalized spacial score (nSPS) is 23.7. The zero-order valence-corrected chi connectivity index (χ0v) is 13.3. The molecule has 0 saturated carbocycles. The van der Waals surface area contributed by atoms with Gasteiger partial charge in [0.15, 0.2) is 0 Å². The molecular weight excluding hydrogens is 292 g/mol. The molecule has 0 unspecified atom stereocenters. The van der Waals surface area contributed by atoms with E-state index >= 15 is 0 Å². The van der Waals surface area contributed by atoms with Crippen molar-refractivity contribution in [3.63, 3.8) is 0 Å². The van der Waals surface area contributed by atoms with E-state index in [2.05, 4.69) is 24.1 Å². The number of piperidine rings is 1. The molecule has 1 aromatic rings. The van der Waals surface area contributed by atoms with Crippen LogP contribution >= 0.6 is 23.4 Å². The van der Waals surface area contributed by atoms with Crippen LogP contribution in [0.4, 0.5) is 0 Å². The van der Waals surface area contributed by atoms with Gasteiger partial charge in [0.1, 0.15) is 0 Å². The van der Waals surface area contributed by atoms with Crippen molar-refractivity contribution in [2.75, 3.05) is 31.6 Å². The average molecular weight is 313 g/mol. The molecular formula is C15H21ClN2OS. The predicted molar refractivity (Wildman–Crippen MR) is 86.3 cm³/mol. The number of hydrogen-bond donors (Lipinski definition) is 1. The fraction of sp³-hybridized carbons (Fsp3) is 0.533. The summed E-state index contributed by atoms with van der Waals surface area (Å²) >= 11 is 7.61. The van der Waals surface area contributed by atoms with Gasteiger partial charge in [-0.15, -0.1) is 0 Å². The number of carbonyl (C=O) groups excluding carboxylic acids is 1. The number of primary amides is 1. The SMILES string of the molecule is CN1CC[C@H](c2ccc(Cl)cc2)[C@@H](CSCC(N)=O)C1. The zero-order chi connectivity index (χ0) is 14.5. The Kier molecular flexibility index (Phi) is 5.75. The van der Waals surface area contributed by atoms with E-state index in [4.69, 9.17) is 17.3 Å². The molecule has 2 N–H and O–H groups in total. The largest absolute Gasteiger partial charge is 0.369 e. The number of rotatable bonds is 5. The van der Waals surface area contributed by atoms with Crippen LogP contribution in [0.25, 0.3) is 0 Å². The summed E-state index contributed by atoms with van der Waals surface area (Å²) in [6.45, 7) is 2.18. The monoisotopic (exact) mass is 312 g/mol. The molecule has 2 atom stereocenters. The van der Waals surface area contributed by atoms with Crippen molar-refractivity contribution in [1.29, 1.82) is 0 Å². The van der Waals surface area contributed by atoms with E-state index in [9.17, 15) is 4.79 Å². The van der Waals surface area contributed by atoms with E-state index in [0.29, 0.717) is 17.6 Å². The maximum absolute atomic E-state index is 10.9. The third-order valence-electron chi connectivity index (χ3n) is 3.81. The topological polar surface area (TPSA) is 46.3 Å². The minimum absolute atomic E-state index is 0.234. The first-order valence-electron chi connectivity index (χ1n) is 6.86. The second-order valence-electron chi connectivity index (χ2n) is 5.45. The van der Waals surface area contributed by atoms with Crippen LogP contribution in [0.1, 0.15) is 17.9 Å². The van der Waals surface area contributed by atoms with Crippen molar-refractivity contribution in [3.05, 3.63) is 34.9 Å². The number of amides is 1. The third kappa shape index (κ3) is 4.40. The highest BCUT2D eigenvalue weighted by molar-refractivity contribution is 7.99. The number of halogens is 1. The molecule has 0 bridgehead atoms. The molecule has 0 aliphatic carbocycles. The van der Waals surface area contributed by atoms with Crippen LogP contribution in [0.2, 0.25) is 5.02 Å². The van der Waals surface area contributed by atoms with Crippen LogP contribution in [0.5, 0.6) is 0 Å². The molecule has 1 aliphatic heterocycles. The molecule has 1 saturated heterocycles. The summed E-state index contributed by atoms with van der Waals surface area (Å²) in [6.07, 6.45) is 1.15. The van der Waals surface area contributed by atoms with E-state index in [1.807, 2.05) is 12.1 Å². The fourth-order valence-corrected chi connectivity index (χ4v) is 3.93. The number of thioether (sulfide) groups is 1. The van der Waals surface area contributed by atoms with Crippen molar-refractivity contribution in [1.82, 2.24) is 4.90 Å². The van der Waals surface area contributed by atoms with Crippen LogP contribution in [-0.4, -0.2) is 42.4 Å². The lowest BCUT2D eigenvalue weighted by Gasteiger charge is -2.37. The van der Waals surface area contributed by atoms with Gasteiger partial charge in [-0.2, -0.15) is 11.8 Å². The Bertz CT molecular complexity index is 452. The van der Waals surface area contributed by atoms with Gasteiger partial charge >= 0.3 is 0 Å². The van der Waals surface area contributed by atoms with Gasteiger partial charge in [0.05, 0.1) is 5.75 Å². The Morgan fingerprint density at radius 1 is 1.45 bits per heavy atom. The lowest BCUT2D eigenvalue weighted by atomic mass is 9.81. The second-order valence-corrected chi connectivity index (χ2v) is 6.92. The Balaban J connectivity index is 2.03. The maximum Gasteiger partial charge on any atom is 0.227 e. The standard InChI is InChI=1S/C15H21ClN2OS/c1-18-7-6-14(11-2-4-13(16)5-3-11)12(8-18)9-20-10-15(17)19/h2-5,12,14H,6-10H2,1H3,(H2,17,19)/t12-,14-/m1/s1. The number of nitrogens with two attached hydrogens (primary N) is 1. The van der Waals surface area contributed by atoms with Crippen LogP contribution in [0.3, 0.4) is 0 Å². The molecule has 0 radical (unpaired) electrons. The second kappa shape index (κ2) is 7.34. The molecule has 1 amide bonds. The van der Waals surface area contributed by atoms with E-state index < -0.39 is 0 Å². The van der Waals surface area contributed by atoms with E-state index in [1.165, 1.54) is 5.56 Å². The van der Waals surface area contributed by atoms with Crippen molar-refractivity contribution in [2.45, 2.75) is 12.3 Å². The number of carbonyl (C=O) groups is 1. The zero-order valence-electron chi connectivity index (χ0n) is 11.7. The summed E-state index contributed by atoms with van der Waals surface area (Å²) < 4.78 is 0. The number of benzene rings is 1. The molecule has 110 valence electrons. The van der Waals surface area contributed by atoms with E-state index in [0.717, 1.165) is 30.3 Å². The van der Waals surface area contributed by atoms with Crippen LogP contribution in [0.15, 0.2) is 24.3 Å². The lowest BCUT2D eigenvalue weighted by molar-refractivity contribution is -0.115. The molecule has 3 nitrogen and oxygen atoms in total. The first-order valence-corrected chi connectivity index (χ1v) is 8.39. The molecule has 0 aromatic heterocycles. The summed E-state index contributed by atoms with van der Waals surface area (Å²) in [5, 5.41) is 0.779. The van der Waals surface area contributed by atoms with Gasteiger partial charge in [0.25, 0.3) is 0 Å². The van der Waals surface area contributed by atoms with Gasteiger partial charge in [-0.25, -0.2) is 0 Å². The Labute approximate surface area is 129 Å². The fourth-order valence-electron chi connectivity index (χ4n) is 2.84. The highest BCUT2D eigenvalue weighted by atomic mass is 35.5. The smallest absolute Gasteiger partial charge is 0.227 e. The molecule has 1 heterocycles. The average Bonchev–Trinajstić information content (AvgIpc) is 2.40. The molecule has 1 fully saturated rings. The Hall–Kier alpha value is -0.710. The van der Waals surface area contributed by atoms with Crippen LogP contribution in [0, 0.1) is 5.92 Å². The molecule has 1 aliphatic rings. The van der Waals surface area contributed by atoms with Crippen LogP contribution < -0.4 is 5.73 Å². The van der Waals surface area contributed by atoms with Crippen molar-refractivity contribution in [2.24, 2.45) is 11.7 Å². The van der Waals surface area contributed by atoms with Gasteiger partial charge in [-0.3, -0.25) is 4.79 Å². The molecule has 1 aromatic carbocycles. The summed E-state index contributed by atoms with van der Waals surface area (Å²) in [4.78, 5) is 13.2. The highest BCUT2D eigenvalue weighted by Gasteiger charge is 2.28.